The first-order valence-corrected chi connectivity index (χ1v) is 5.48. The second-order valence-corrected chi connectivity index (χ2v) is 3.98. The van der Waals surface area contributed by atoms with Gasteiger partial charge in [-0.2, -0.15) is 0 Å². The van der Waals surface area contributed by atoms with Gasteiger partial charge in [0, 0.05) is 12.2 Å². The van der Waals surface area contributed by atoms with Crippen LogP contribution in [0.4, 0.5) is 5.69 Å². The van der Waals surface area contributed by atoms with E-state index in [1.807, 2.05) is 31.2 Å². The molecule has 0 heterocycles. The molecule has 0 aliphatic heterocycles. The normalized spacial score (nSPS) is 11.5. The quantitative estimate of drug-likeness (QED) is 0.573. The van der Waals surface area contributed by atoms with Gasteiger partial charge < -0.3 is 21.3 Å². The highest BCUT2D eigenvalue weighted by Crippen LogP contribution is 2.18. The minimum atomic E-state index is -0.649. The van der Waals surface area contributed by atoms with Gasteiger partial charge in [0.25, 0.3) is 0 Å². The molecular formula is C12H20N2O2. The van der Waals surface area contributed by atoms with Gasteiger partial charge in [0.1, 0.15) is 0 Å². The van der Waals surface area contributed by atoms with Crippen LogP contribution < -0.4 is 11.1 Å². The van der Waals surface area contributed by atoms with Gasteiger partial charge in [-0.05, 0) is 24.1 Å². The van der Waals surface area contributed by atoms with E-state index in [2.05, 4.69) is 5.32 Å². The maximum atomic E-state index is 9.30. The average molecular weight is 224 g/mol. The molecule has 0 aliphatic carbocycles. The summed E-state index contributed by atoms with van der Waals surface area (Å²) in [5.74, 6) is 0. The number of nitrogens with two attached hydrogens (primary N) is 1. The zero-order valence-corrected chi connectivity index (χ0v) is 9.61. The van der Waals surface area contributed by atoms with Crippen LogP contribution in [0.5, 0.6) is 0 Å². The number of aliphatic hydroxyl groups is 2. The van der Waals surface area contributed by atoms with Crippen LogP contribution in [-0.4, -0.2) is 29.0 Å². The molecule has 0 saturated carbocycles. The second kappa shape index (κ2) is 5.84. The van der Waals surface area contributed by atoms with E-state index >= 15 is 0 Å². The van der Waals surface area contributed by atoms with Gasteiger partial charge in [-0.3, -0.25) is 0 Å². The van der Waals surface area contributed by atoms with Crippen LogP contribution in [0.15, 0.2) is 24.3 Å². The fraction of sp³-hybridized carbons (Fsp3) is 0.500. The van der Waals surface area contributed by atoms with E-state index in [-0.39, 0.29) is 13.2 Å². The lowest BCUT2D eigenvalue weighted by Gasteiger charge is -2.31. The Kier molecular flexibility index (Phi) is 4.73. The molecule has 0 aliphatic rings. The zero-order valence-electron chi connectivity index (χ0n) is 9.61. The Labute approximate surface area is 96.1 Å². The van der Waals surface area contributed by atoms with Crippen molar-refractivity contribution in [3.8, 4) is 0 Å². The Morgan fingerprint density at radius 3 is 2.12 bits per heavy atom. The first kappa shape index (κ1) is 13.0. The van der Waals surface area contributed by atoms with E-state index < -0.39 is 5.54 Å². The summed E-state index contributed by atoms with van der Waals surface area (Å²) in [6.45, 7) is 2.24. The molecule has 0 amide bonds. The number of nitrogens with one attached hydrogen (secondary N) is 1. The second-order valence-electron chi connectivity index (χ2n) is 3.98. The summed E-state index contributed by atoms with van der Waals surface area (Å²) in [6, 6.07) is 7.66. The van der Waals surface area contributed by atoms with Crippen LogP contribution in [0.25, 0.3) is 0 Å². The highest BCUT2D eigenvalue weighted by Gasteiger charge is 2.25. The topological polar surface area (TPSA) is 78.5 Å². The zero-order chi connectivity index (χ0) is 12.0. The van der Waals surface area contributed by atoms with Crippen LogP contribution in [0.3, 0.4) is 0 Å². The molecule has 0 fully saturated rings. The predicted molar refractivity (Wildman–Crippen MR) is 65.1 cm³/mol. The minimum absolute atomic E-state index is 0.0986. The molecule has 16 heavy (non-hydrogen) atoms. The van der Waals surface area contributed by atoms with Crippen LogP contribution in [0.1, 0.15) is 18.9 Å². The van der Waals surface area contributed by atoms with E-state index in [4.69, 9.17) is 5.73 Å². The standard InChI is InChI=1S/C12H20N2O2/c1-2-12(8-15,9-16)14-11-5-3-10(7-13)4-6-11/h3-6,14-16H,2,7-9,13H2,1H3. The molecule has 4 nitrogen and oxygen atoms in total. The van der Waals surface area contributed by atoms with Crippen molar-refractivity contribution >= 4 is 5.69 Å². The number of rotatable bonds is 6. The molecule has 0 unspecified atom stereocenters. The van der Waals surface area contributed by atoms with Crippen molar-refractivity contribution < 1.29 is 10.2 Å². The van der Waals surface area contributed by atoms with Gasteiger partial charge in [0.2, 0.25) is 0 Å². The van der Waals surface area contributed by atoms with Gasteiger partial charge in [-0.15, -0.1) is 0 Å². The molecule has 0 bridgehead atoms. The van der Waals surface area contributed by atoms with Crippen LogP contribution >= 0.6 is 0 Å². The third-order valence-corrected chi connectivity index (χ3v) is 2.88. The summed E-state index contributed by atoms with van der Waals surface area (Å²) in [4.78, 5) is 0. The van der Waals surface area contributed by atoms with Crippen LogP contribution in [0.2, 0.25) is 0 Å². The lowest BCUT2D eigenvalue weighted by molar-refractivity contribution is 0.132. The van der Waals surface area contributed by atoms with Gasteiger partial charge in [0.05, 0.1) is 18.8 Å². The van der Waals surface area contributed by atoms with E-state index in [1.165, 1.54) is 0 Å². The van der Waals surface area contributed by atoms with E-state index in [1.54, 1.807) is 0 Å². The number of hydrogen-bond acceptors (Lipinski definition) is 4. The number of benzene rings is 1. The third kappa shape index (κ3) is 2.95. The summed E-state index contributed by atoms with van der Waals surface area (Å²) in [7, 11) is 0. The van der Waals surface area contributed by atoms with Gasteiger partial charge in [-0.1, -0.05) is 19.1 Å². The van der Waals surface area contributed by atoms with E-state index in [9.17, 15) is 10.2 Å². The largest absolute Gasteiger partial charge is 0.394 e. The summed E-state index contributed by atoms with van der Waals surface area (Å²) in [6.07, 6.45) is 0.651. The van der Waals surface area contributed by atoms with Gasteiger partial charge in [0.15, 0.2) is 0 Å². The first-order valence-electron chi connectivity index (χ1n) is 5.48. The number of aliphatic hydroxyl groups excluding tert-OH is 2. The summed E-state index contributed by atoms with van der Waals surface area (Å²) in [5, 5.41) is 21.7. The van der Waals surface area contributed by atoms with E-state index in [0.29, 0.717) is 13.0 Å². The first-order chi connectivity index (χ1) is 7.69. The fourth-order valence-corrected chi connectivity index (χ4v) is 1.47. The maximum Gasteiger partial charge on any atom is 0.0832 e. The molecule has 0 atom stereocenters. The van der Waals surface area contributed by atoms with Crippen LogP contribution in [-0.2, 0) is 6.54 Å². The molecule has 1 aromatic rings. The summed E-state index contributed by atoms with van der Waals surface area (Å²) < 4.78 is 0. The Morgan fingerprint density at radius 2 is 1.75 bits per heavy atom. The molecule has 0 aromatic heterocycles. The number of hydrogen-bond donors (Lipinski definition) is 4. The van der Waals surface area contributed by atoms with E-state index in [0.717, 1.165) is 11.3 Å². The predicted octanol–water partition coefficient (Wildman–Crippen LogP) is 0.691. The SMILES string of the molecule is CCC(CO)(CO)Nc1ccc(CN)cc1. The summed E-state index contributed by atoms with van der Waals surface area (Å²) >= 11 is 0. The molecule has 1 aromatic carbocycles. The Bertz CT molecular complexity index is 299. The Hall–Kier alpha value is -1.10. The van der Waals surface area contributed by atoms with Crippen LogP contribution in [0, 0.1) is 0 Å². The molecule has 4 heteroatoms. The van der Waals surface area contributed by atoms with Crippen molar-refractivity contribution in [2.45, 2.75) is 25.4 Å². The fourth-order valence-electron chi connectivity index (χ4n) is 1.47. The maximum absolute atomic E-state index is 9.30. The average Bonchev–Trinajstić information content (AvgIpc) is 2.37. The number of anilines is 1. The lowest BCUT2D eigenvalue weighted by Crippen LogP contribution is -2.45. The highest BCUT2D eigenvalue weighted by molar-refractivity contribution is 5.47. The highest BCUT2D eigenvalue weighted by atomic mass is 16.3. The molecule has 90 valence electrons. The molecule has 1 rings (SSSR count). The Balaban J connectivity index is 2.77. The minimum Gasteiger partial charge on any atom is -0.394 e. The molecule has 0 saturated heterocycles. The van der Waals surface area contributed by atoms with Crippen molar-refractivity contribution in [3.05, 3.63) is 29.8 Å². The smallest absolute Gasteiger partial charge is 0.0832 e. The van der Waals surface area contributed by atoms with Crippen molar-refractivity contribution in [1.29, 1.82) is 0 Å². The van der Waals surface area contributed by atoms with Crippen molar-refractivity contribution in [2.24, 2.45) is 5.73 Å². The molecular weight excluding hydrogens is 204 g/mol. The van der Waals surface area contributed by atoms with Gasteiger partial charge in [-0.25, -0.2) is 0 Å². The van der Waals surface area contributed by atoms with Gasteiger partial charge >= 0.3 is 0 Å². The molecule has 0 radical (unpaired) electrons. The molecule has 5 N–H and O–H groups in total. The third-order valence-electron chi connectivity index (χ3n) is 2.88. The summed E-state index contributed by atoms with van der Waals surface area (Å²) in [5.41, 5.74) is 6.79. The van der Waals surface area contributed by atoms with Crippen molar-refractivity contribution in [2.75, 3.05) is 18.5 Å². The van der Waals surface area contributed by atoms with Crippen molar-refractivity contribution in [1.82, 2.24) is 0 Å². The Morgan fingerprint density at radius 1 is 1.19 bits per heavy atom. The monoisotopic (exact) mass is 224 g/mol. The molecule has 0 spiro atoms. The lowest BCUT2D eigenvalue weighted by atomic mass is 9.98. The van der Waals surface area contributed by atoms with Crippen molar-refractivity contribution in [3.63, 3.8) is 0 Å².